The van der Waals surface area contributed by atoms with Gasteiger partial charge in [0, 0.05) is 35.1 Å². The van der Waals surface area contributed by atoms with Crippen molar-refractivity contribution in [3.63, 3.8) is 0 Å². The molecule has 0 radical (unpaired) electrons. The molecule has 1 aliphatic rings. The van der Waals surface area contributed by atoms with E-state index in [4.69, 9.17) is 4.74 Å². The highest BCUT2D eigenvalue weighted by Crippen LogP contribution is 2.31. The zero-order valence-electron chi connectivity index (χ0n) is 12.4. The van der Waals surface area contributed by atoms with Crippen LogP contribution in [0.4, 0.5) is 4.79 Å². The van der Waals surface area contributed by atoms with Gasteiger partial charge in [-0.2, -0.15) is 0 Å². The lowest BCUT2D eigenvalue weighted by Crippen LogP contribution is -2.35. The standard InChI is InChI=1S/C16H18N2O4/c1-2-22-15(19)10-18-13-6-4-3-5-11(13)12-9-17(16(20)21)8-7-14(12)18/h3-6H,2,7-10H2,1H3,(H,20,21). The highest BCUT2D eigenvalue weighted by Gasteiger charge is 2.26. The number of carbonyl (C=O) groups excluding carboxylic acids is 1. The van der Waals surface area contributed by atoms with Gasteiger partial charge in [0.15, 0.2) is 0 Å². The summed E-state index contributed by atoms with van der Waals surface area (Å²) in [5.41, 5.74) is 2.98. The second-order valence-corrected chi connectivity index (χ2v) is 5.29. The van der Waals surface area contributed by atoms with E-state index in [1.807, 2.05) is 28.8 Å². The summed E-state index contributed by atoms with van der Waals surface area (Å²) in [7, 11) is 0. The van der Waals surface area contributed by atoms with Crippen molar-refractivity contribution in [2.45, 2.75) is 26.4 Å². The molecule has 116 valence electrons. The fraction of sp³-hybridized carbons (Fsp3) is 0.375. The fourth-order valence-electron chi connectivity index (χ4n) is 3.08. The Morgan fingerprint density at radius 2 is 2.09 bits per heavy atom. The number of carboxylic acid groups (broad SMARTS) is 1. The van der Waals surface area contributed by atoms with Gasteiger partial charge in [0.05, 0.1) is 13.2 Å². The van der Waals surface area contributed by atoms with Crippen LogP contribution in [0.2, 0.25) is 0 Å². The van der Waals surface area contributed by atoms with Gasteiger partial charge in [-0.05, 0) is 13.0 Å². The molecule has 2 heterocycles. The van der Waals surface area contributed by atoms with Crippen molar-refractivity contribution >= 4 is 23.0 Å². The number of fused-ring (bicyclic) bond motifs is 3. The van der Waals surface area contributed by atoms with Gasteiger partial charge < -0.3 is 19.3 Å². The second-order valence-electron chi connectivity index (χ2n) is 5.29. The molecule has 6 heteroatoms. The third kappa shape index (κ3) is 2.41. The molecule has 22 heavy (non-hydrogen) atoms. The average molecular weight is 302 g/mol. The van der Waals surface area contributed by atoms with Crippen LogP contribution in [-0.4, -0.2) is 39.8 Å². The monoisotopic (exact) mass is 302 g/mol. The minimum Gasteiger partial charge on any atom is -0.465 e. The molecule has 0 aliphatic carbocycles. The smallest absolute Gasteiger partial charge is 0.407 e. The van der Waals surface area contributed by atoms with Gasteiger partial charge in [0.1, 0.15) is 6.54 Å². The van der Waals surface area contributed by atoms with Gasteiger partial charge in [0.25, 0.3) is 0 Å². The second kappa shape index (κ2) is 5.71. The number of esters is 1. The minimum atomic E-state index is -0.909. The van der Waals surface area contributed by atoms with Crippen molar-refractivity contribution in [2.24, 2.45) is 0 Å². The van der Waals surface area contributed by atoms with Gasteiger partial charge in [-0.3, -0.25) is 4.79 Å². The van der Waals surface area contributed by atoms with Crippen molar-refractivity contribution in [1.29, 1.82) is 0 Å². The third-order valence-corrected chi connectivity index (χ3v) is 4.02. The largest absolute Gasteiger partial charge is 0.465 e. The van der Waals surface area contributed by atoms with Gasteiger partial charge in [-0.25, -0.2) is 4.79 Å². The molecule has 0 bridgehead atoms. The van der Waals surface area contributed by atoms with Crippen molar-refractivity contribution in [1.82, 2.24) is 9.47 Å². The minimum absolute atomic E-state index is 0.163. The number of ether oxygens (including phenoxy) is 1. The van der Waals surface area contributed by atoms with E-state index in [0.29, 0.717) is 26.1 Å². The first kappa shape index (κ1) is 14.4. The third-order valence-electron chi connectivity index (χ3n) is 4.02. The summed E-state index contributed by atoms with van der Waals surface area (Å²) >= 11 is 0. The summed E-state index contributed by atoms with van der Waals surface area (Å²) < 4.78 is 7.01. The summed E-state index contributed by atoms with van der Waals surface area (Å²) in [4.78, 5) is 24.5. The molecule has 0 atom stereocenters. The van der Waals surface area contributed by atoms with E-state index in [0.717, 1.165) is 22.2 Å². The first-order valence-corrected chi connectivity index (χ1v) is 7.34. The number of para-hydroxylation sites is 1. The number of hydrogen-bond acceptors (Lipinski definition) is 3. The molecule has 0 unspecified atom stereocenters. The molecule has 0 saturated heterocycles. The molecule has 3 rings (SSSR count). The molecule has 1 aromatic heterocycles. The van der Waals surface area contributed by atoms with Crippen molar-refractivity contribution in [3.05, 3.63) is 35.5 Å². The van der Waals surface area contributed by atoms with Gasteiger partial charge in [-0.15, -0.1) is 0 Å². The summed E-state index contributed by atoms with van der Waals surface area (Å²) in [6.45, 7) is 3.11. The molecular weight excluding hydrogens is 284 g/mol. The lowest BCUT2D eigenvalue weighted by Gasteiger charge is -2.25. The molecule has 6 nitrogen and oxygen atoms in total. The van der Waals surface area contributed by atoms with Crippen LogP contribution in [0.5, 0.6) is 0 Å². The summed E-state index contributed by atoms with van der Waals surface area (Å²) in [5.74, 6) is -0.272. The predicted octanol–water partition coefficient (Wildman–Crippen LogP) is 2.24. The summed E-state index contributed by atoms with van der Waals surface area (Å²) in [6.07, 6.45) is -0.303. The number of hydrogen-bond donors (Lipinski definition) is 1. The zero-order valence-corrected chi connectivity index (χ0v) is 12.4. The summed E-state index contributed by atoms with van der Waals surface area (Å²) in [5, 5.41) is 10.2. The zero-order chi connectivity index (χ0) is 15.7. The molecule has 0 spiro atoms. The Balaban J connectivity index is 2.06. The van der Waals surface area contributed by atoms with Crippen LogP contribution in [0.3, 0.4) is 0 Å². The Hall–Kier alpha value is -2.50. The molecule has 2 aromatic rings. The Kier molecular flexibility index (Phi) is 3.75. The maximum atomic E-state index is 11.9. The Morgan fingerprint density at radius 3 is 2.82 bits per heavy atom. The van der Waals surface area contributed by atoms with Gasteiger partial charge in [0.2, 0.25) is 0 Å². The van der Waals surface area contributed by atoms with Crippen LogP contribution >= 0.6 is 0 Å². The SMILES string of the molecule is CCOC(=O)Cn1c2c(c3ccccc31)CN(C(=O)O)CC2. The van der Waals surface area contributed by atoms with Gasteiger partial charge in [-0.1, -0.05) is 18.2 Å². The van der Waals surface area contributed by atoms with Crippen LogP contribution < -0.4 is 0 Å². The van der Waals surface area contributed by atoms with E-state index in [1.165, 1.54) is 4.90 Å². The maximum absolute atomic E-state index is 11.9. The van der Waals surface area contributed by atoms with Crippen molar-refractivity contribution in [2.75, 3.05) is 13.2 Å². The van der Waals surface area contributed by atoms with E-state index in [-0.39, 0.29) is 12.5 Å². The molecule has 1 aromatic carbocycles. The fourth-order valence-corrected chi connectivity index (χ4v) is 3.08. The molecule has 1 N–H and O–H groups in total. The van der Waals surface area contributed by atoms with Crippen LogP contribution in [0, 0.1) is 0 Å². The van der Waals surface area contributed by atoms with E-state index in [9.17, 15) is 14.7 Å². The van der Waals surface area contributed by atoms with E-state index >= 15 is 0 Å². The highest BCUT2D eigenvalue weighted by molar-refractivity contribution is 5.87. The molecule has 0 fully saturated rings. The van der Waals surface area contributed by atoms with Gasteiger partial charge >= 0.3 is 12.1 Å². The normalized spacial score (nSPS) is 14.0. The lowest BCUT2D eigenvalue weighted by molar-refractivity contribution is -0.143. The number of rotatable bonds is 3. The number of nitrogens with zero attached hydrogens (tertiary/aromatic N) is 2. The Labute approximate surface area is 127 Å². The molecule has 1 aliphatic heterocycles. The van der Waals surface area contributed by atoms with E-state index in [2.05, 4.69) is 0 Å². The topological polar surface area (TPSA) is 71.8 Å². The summed E-state index contributed by atoms with van der Waals surface area (Å²) in [6, 6.07) is 7.78. The number of carbonyl (C=O) groups is 2. The van der Waals surface area contributed by atoms with Crippen LogP contribution in [0.1, 0.15) is 18.2 Å². The Morgan fingerprint density at radius 1 is 1.32 bits per heavy atom. The van der Waals surface area contributed by atoms with Crippen LogP contribution in [0.15, 0.2) is 24.3 Å². The maximum Gasteiger partial charge on any atom is 0.407 e. The first-order valence-electron chi connectivity index (χ1n) is 7.34. The average Bonchev–Trinajstić information content (AvgIpc) is 2.81. The predicted molar refractivity (Wildman–Crippen MR) is 80.7 cm³/mol. The number of amides is 1. The van der Waals surface area contributed by atoms with Crippen molar-refractivity contribution in [3.8, 4) is 0 Å². The van der Waals surface area contributed by atoms with Crippen LogP contribution in [0.25, 0.3) is 10.9 Å². The number of aromatic nitrogens is 1. The highest BCUT2D eigenvalue weighted by atomic mass is 16.5. The van der Waals surface area contributed by atoms with Crippen molar-refractivity contribution < 1.29 is 19.4 Å². The lowest BCUT2D eigenvalue weighted by atomic mass is 10.0. The van der Waals surface area contributed by atoms with E-state index < -0.39 is 6.09 Å². The molecular formula is C16H18N2O4. The molecule has 1 amide bonds. The van der Waals surface area contributed by atoms with Crippen LogP contribution in [-0.2, 0) is 29.0 Å². The van der Waals surface area contributed by atoms with E-state index in [1.54, 1.807) is 6.92 Å². The first-order chi connectivity index (χ1) is 10.6. The Bertz CT molecular complexity index is 735. The molecule has 0 saturated carbocycles. The number of benzene rings is 1. The quantitative estimate of drug-likeness (QED) is 0.883.